The van der Waals surface area contributed by atoms with Gasteiger partial charge in [-0.1, -0.05) is 0 Å². The Morgan fingerprint density at radius 1 is 1.78 bits per heavy atom. The molecule has 3 heteroatoms. The highest BCUT2D eigenvalue weighted by Crippen LogP contribution is 2.18. The van der Waals surface area contributed by atoms with Crippen molar-refractivity contribution in [1.29, 1.82) is 5.26 Å². The third-order valence-corrected chi connectivity index (χ3v) is 1.21. The Bertz CT molecular complexity index is 259. The molecule has 0 aromatic carbocycles. The summed E-state index contributed by atoms with van der Waals surface area (Å²) in [7, 11) is 0. The minimum atomic E-state index is 0.176. The molecule has 0 saturated carbocycles. The minimum absolute atomic E-state index is 0.176. The van der Waals surface area contributed by atoms with Gasteiger partial charge in [-0.25, -0.2) is 0 Å². The SMILES string of the molecule is Cc1cc(C#N)c(Cl)o1. The van der Waals surface area contributed by atoms with E-state index in [1.807, 2.05) is 6.07 Å². The molecule has 0 amide bonds. The van der Waals surface area contributed by atoms with Gasteiger partial charge in [0.2, 0.25) is 5.22 Å². The Morgan fingerprint density at radius 2 is 2.44 bits per heavy atom. The summed E-state index contributed by atoms with van der Waals surface area (Å²) in [5, 5.41) is 8.51. The fourth-order valence-electron chi connectivity index (χ4n) is 0.562. The van der Waals surface area contributed by atoms with Crippen molar-refractivity contribution in [1.82, 2.24) is 0 Å². The fourth-order valence-corrected chi connectivity index (χ4v) is 0.781. The molecule has 0 aliphatic rings. The van der Waals surface area contributed by atoms with Gasteiger partial charge in [0, 0.05) is 0 Å². The van der Waals surface area contributed by atoms with Crippen LogP contribution in [0.25, 0.3) is 0 Å². The number of hydrogen-bond acceptors (Lipinski definition) is 2. The second-order valence-electron chi connectivity index (χ2n) is 1.66. The van der Waals surface area contributed by atoms with Crippen LogP contribution in [0.5, 0.6) is 0 Å². The summed E-state index contributed by atoms with van der Waals surface area (Å²) in [5.41, 5.74) is 0.397. The van der Waals surface area contributed by atoms with Crippen LogP contribution < -0.4 is 0 Å². The molecule has 0 fully saturated rings. The Labute approximate surface area is 57.7 Å². The lowest BCUT2D eigenvalue weighted by molar-refractivity contribution is 0.535. The van der Waals surface area contributed by atoms with Crippen molar-refractivity contribution < 1.29 is 4.42 Å². The normalized spacial score (nSPS) is 9.00. The second kappa shape index (κ2) is 2.12. The first kappa shape index (κ1) is 6.18. The Morgan fingerprint density at radius 3 is 2.67 bits per heavy atom. The van der Waals surface area contributed by atoms with E-state index in [4.69, 9.17) is 21.3 Å². The molecule has 0 spiro atoms. The number of aryl methyl sites for hydroxylation is 1. The van der Waals surface area contributed by atoms with Crippen LogP contribution in [0.3, 0.4) is 0 Å². The van der Waals surface area contributed by atoms with E-state index < -0.39 is 0 Å². The summed E-state index contributed by atoms with van der Waals surface area (Å²) >= 11 is 5.46. The molecule has 0 aliphatic carbocycles. The number of hydrogen-bond donors (Lipinski definition) is 0. The van der Waals surface area contributed by atoms with E-state index in [9.17, 15) is 0 Å². The topological polar surface area (TPSA) is 36.9 Å². The lowest BCUT2D eigenvalue weighted by Gasteiger charge is -1.75. The monoisotopic (exact) mass is 141 g/mol. The highest BCUT2D eigenvalue weighted by Gasteiger charge is 2.03. The van der Waals surface area contributed by atoms with Crippen LogP contribution in [0, 0.1) is 18.3 Å². The molecule has 0 unspecified atom stereocenters. The van der Waals surface area contributed by atoms with Crippen molar-refractivity contribution in [2.75, 3.05) is 0 Å². The summed E-state index contributed by atoms with van der Waals surface area (Å²) in [6.45, 7) is 1.74. The van der Waals surface area contributed by atoms with E-state index in [-0.39, 0.29) is 5.22 Å². The van der Waals surface area contributed by atoms with Crippen molar-refractivity contribution >= 4 is 11.6 Å². The van der Waals surface area contributed by atoms with Gasteiger partial charge in [0.15, 0.2) is 0 Å². The molecule has 1 rings (SSSR count). The molecular weight excluding hydrogens is 138 g/mol. The molecule has 0 N–H and O–H groups in total. The van der Waals surface area contributed by atoms with Crippen LogP contribution in [0.15, 0.2) is 10.5 Å². The van der Waals surface area contributed by atoms with Crippen LogP contribution in [0.4, 0.5) is 0 Å². The first-order chi connectivity index (χ1) is 4.24. The quantitative estimate of drug-likeness (QED) is 0.555. The maximum atomic E-state index is 8.34. The van der Waals surface area contributed by atoms with E-state index in [0.717, 1.165) is 0 Å². The Hall–Kier alpha value is -0.940. The largest absolute Gasteiger partial charge is 0.449 e. The van der Waals surface area contributed by atoms with E-state index in [1.54, 1.807) is 13.0 Å². The van der Waals surface area contributed by atoms with Crippen LogP contribution in [0.2, 0.25) is 5.22 Å². The molecule has 1 aromatic rings. The molecule has 0 bridgehead atoms. The minimum Gasteiger partial charge on any atom is -0.449 e. The van der Waals surface area contributed by atoms with Gasteiger partial charge in [-0.15, -0.1) is 0 Å². The van der Waals surface area contributed by atoms with E-state index >= 15 is 0 Å². The van der Waals surface area contributed by atoms with E-state index in [2.05, 4.69) is 0 Å². The molecule has 0 atom stereocenters. The Balaban J connectivity index is 3.20. The summed E-state index contributed by atoms with van der Waals surface area (Å²) in [4.78, 5) is 0. The van der Waals surface area contributed by atoms with Crippen molar-refractivity contribution in [3.05, 3.63) is 22.6 Å². The van der Waals surface area contributed by atoms with Crippen molar-refractivity contribution in [2.45, 2.75) is 6.92 Å². The summed E-state index contributed by atoms with van der Waals surface area (Å²) < 4.78 is 4.85. The number of furan rings is 1. The lowest BCUT2D eigenvalue weighted by atomic mass is 10.3. The van der Waals surface area contributed by atoms with Gasteiger partial charge in [0.05, 0.1) is 0 Å². The third kappa shape index (κ3) is 1.06. The predicted octanol–water partition coefficient (Wildman–Crippen LogP) is 2.11. The zero-order chi connectivity index (χ0) is 6.85. The third-order valence-electron chi connectivity index (χ3n) is 0.930. The van der Waals surface area contributed by atoms with Gasteiger partial charge < -0.3 is 4.42 Å². The average molecular weight is 142 g/mol. The van der Waals surface area contributed by atoms with Gasteiger partial charge in [0.25, 0.3) is 0 Å². The standard InChI is InChI=1S/C6H4ClNO/c1-4-2-5(3-8)6(7)9-4/h2H,1H3. The average Bonchev–Trinajstić information content (AvgIpc) is 2.10. The van der Waals surface area contributed by atoms with Crippen LogP contribution in [0.1, 0.15) is 11.3 Å². The van der Waals surface area contributed by atoms with E-state index in [1.165, 1.54) is 0 Å². The molecule has 9 heavy (non-hydrogen) atoms. The maximum Gasteiger partial charge on any atom is 0.211 e. The van der Waals surface area contributed by atoms with E-state index in [0.29, 0.717) is 11.3 Å². The molecule has 0 aliphatic heterocycles. The number of nitrogens with zero attached hydrogens (tertiary/aromatic N) is 1. The molecule has 0 saturated heterocycles. The van der Waals surface area contributed by atoms with Crippen molar-refractivity contribution in [2.24, 2.45) is 0 Å². The highest BCUT2D eigenvalue weighted by atomic mass is 35.5. The Kier molecular flexibility index (Phi) is 1.46. The summed E-state index contributed by atoms with van der Waals surface area (Å²) in [6, 6.07) is 3.49. The molecule has 0 radical (unpaired) electrons. The molecular formula is C6H4ClNO. The van der Waals surface area contributed by atoms with Crippen molar-refractivity contribution in [3.63, 3.8) is 0 Å². The summed E-state index contributed by atoms with van der Waals surface area (Å²) in [6.07, 6.45) is 0. The van der Waals surface area contributed by atoms with Crippen LogP contribution >= 0.6 is 11.6 Å². The molecule has 1 aromatic heterocycles. The fraction of sp³-hybridized carbons (Fsp3) is 0.167. The number of nitriles is 1. The first-order valence-corrected chi connectivity index (χ1v) is 2.78. The van der Waals surface area contributed by atoms with Gasteiger partial charge in [-0.2, -0.15) is 5.26 Å². The van der Waals surface area contributed by atoms with Crippen LogP contribution in [-0.4, -0.2) is 0 Å². The van der Waals surface area contributed by atoms with Gasteiger partial charge >= 0.3 is 0 Å². The zero-order valence-corrected chi connectivity index (χ0v) is 5.57. The molecule has 1 heterocycles. The maximum absolute atomic E-state index is 8.34. The smallest absolute Gasteiger partial charge is 0.211 e. The van der Waals surface area contributed by atoms with Crippen LogP contribution in [-0.2, 0) is 0 Å². The van der Waals surface area contributed by atoms with Gasteiger partial charge in [-0.05, 0) is 24.6 Å². The van der Waals surface area contributed by atoms with Gasteiger partial charge in [-0.3, -0.25) is 0 Å². The number of halogens is 1. The molecule has 46 valence electrons. The molecule has 2 nitrogen and oxygen atoms in total. The summed E-state index contributed by atoms with van der Waals surface area (Å²) in [5.74, 6) is 0.663. The predicted molar refractivity (Wildman–Crippen MR) is 33.2 cm³/mol. The second-order valence-corrected chi connectivity index (χ2v) is 2.00. The zero-order valence-electron chi connectivity index (χ0n) is 4.81. The highest BCUT2D eigenvalue weighted by molar-refractivity contribution is 6.29. The van der Waals surface area contributed by atoms with Crippen molar-refractivity contribution in [3.8, 4) is 6.07 Å². The number of rotatable bonds is 0. The van der Waals surface area contributed by atoms with Gasteiger partial charge in [0.1, 0.15) is 17.4 Å². The lowest BCUT2D eigenvalue weighted by Crippen LogP contribution is -1.61. The first-order valence-electron chi connectivity index (χ1n) is 2.40.